The standard InChI is InChI=1S/C12H21NO4/c1-3-17-11(14)7-6-10-5-4-9(8-13-10)12(15)16-2/h9-10,13H,3-8H2,1-2H3/t9-,10+/m1/s1. The molecule has 98 valence electrons. The molecule has 1 aliphatic heterocycles. The normalized spacial score (nSPS) is 24.1. The van der Waals surface area contributed by atoms with Crippen molar-refractivity contribution in [1.29, 1.82) is 0 Å². The van der Waals surface area contributed by atoms with E-state index in [9.17, 15) is 9.59 Å². The zero-order valence-corrected chi connectivity index (χ0v) is 10.5. The lowest BCUT2D eigenvalue weighted by Crippen LogP contribution is -2.42. The first-order valence-corrected chi connectivity index (χ1v) is 6.14. The van der Waals surface area contributed by atoms with Crippen LogP contribution in [0.4, 0.5) is 0 Å². The summed E-state index contributed by atoms with van der Waals surface area (Å²) in [7, 11) is 1.41. The molecule has 5 nitrogen and oxygen atoms in total. The van der Waals surface area contributed by atoms with E-state index in [1.807, 2.05) is 0 Å². The number of hydrogen-bond acceptors (Lipinski definition) is 5. The topological polar surface area (TPSA) is 64.6 Å². The number of rotatable bonds is 5. The summed E-state index contributed by atoms with van der Waals surface area (Å²) in [5, 5.41) is 3.27. The van der Waals surface area contributed by atoms with Crippen molar-refractivity contribution in [2.45, 2.75) is 38.6 Å². The lowest BCUT2D eigenvalue weighted by molar-refractivity contribution is -0.147. The molecular weight excluding hydrogens is 222 g/mol. The highest BCUT2D eigenvalue weighted by molar-refractivity contribution is 5.72. The van der Waals surface area contributed by atoms with Gasteiger partial charge in [-0.1, -0.05) is 0 Å². The molecule has 17 heavy (non-hydrogen) atoms. The first-order chi connectivity index (χ1) is 8.17. The maximum absolute atomic E-state index is 11.3. The van der Waals surface area contributed by atoms with Crippen molar-refractivity contribution in [1.82, 2.24) is 5.32 Å². The van der Waals surface area contributed by atoms with Crippen molar-refractivity contribution < 1.29 is 19.1 Å². The van der Waals surface area contributed by atoms with Gasteiger partial charge in [0.05, 0.1) is 19.6 Å². The maximum Gasteiger partial charge on any atom is 0.309 e. The molecule has 0 aromatic rings. The van der Waals surface area contributed by atoms with Crippen LogP contribution >= 0.6 is 0 Å². The number of methoxy groups -OCH3 is 1. The Morgan fingerprint density at radius 1 is 1.35 bits per heavy atom. The van der Waals surface area contributed by atoms with Gasteiger partial charge in [0.1, 0.15) is 0 Å². The first kappa shape index (κ1) is 14.0. The summed E-state index contributed by atoms with van der Waals surface area (Å²) in [6.07, 6.45) is 2.94. The van der Waals surface area contributed by atoms with Crippen LogP contribution in [0, 0.1) is 5.92 Å². The van der Waals surface area contributed by atoms with Gasteiger partial charge in [0.25, 0.3) is 0 Å². The summed E-state index contributed by atoms with van der Waals surface area (Å²) in [5.41, 5.74) is 0. The number of piperidine rings is 1. The second-order valence-electron chi connectivity index (χ2n) is 4.25. The van der Waals surface area contributed by atoms with Gasteiger partial charge in [-0.05, 0) is 26.2 Å². The van der Waals surface area contributed by atoms with Gasteiger partial charge >= 0.3 is 11.9 Å². The fourth-order valence-electron chi connectivity index (χ4n) is 2.05. The Morgan fingerprint density at radius 2 is 2.12 bits per heavy atom. The quantitative estimate of drug-likeness (QED) is 0.726. The number of carbonyl (C=O) groups excluding carboxylic acids is 2. The molecule has 0 amide bonds. The van der Waals surface area contributed by atoms with Crippen LogP contribution in [-0.2, 0) is 19.1 Å². The van der Waals surface area contributed by atoms with Gasteiger partial charge in [-0.3, -0.25) is 9.59 Å². The molecule has 1 rings (SSSR count). The highest BCUT2D eigenvalue weighted by Crippen LogP contribution is 2.18. The third-order valence-electron chi connectivity index (χ3n) is 3.05. The molecule has 0 aromatic carbocycles. The number of esters is 2. The largest absolute Gasteiger partial charge is 0.469 e. The van der Waals surface area contributed by atoms with Crippen molar-refractivity contribution in [2.75, 3.05) is 20.3 Å². The molecule has 0 bridgehead atoms. The molecule has 1 aliphatic rings. The van der Waals surface area contributed by atoms with Gasteiger partial charge in [0.2, 0.25) is 0 Å². The van der Waals surface area contributed by atoms with Crippen molar-refractivity contribution >= 4 is 11.9 Å². The second kappa shape index (κ2) is 7.27. The number of carbonyl (C=O) groups is 2. The highest BCUT2D eigenvalue weighted by atomic mass is 16.5. The molecule has 5 heteroatoms. The Balaban J connectivity index is 2.19. The Kier molecular flexibility index (Phi) is 5.97. The lowest BCUT2D eigenvalue weighted by Gasteiger charge is -2.28. The van der Waals surface area contributed by atoms with Gasteiger partial charge < -0.3 is 14.8 Å². The SMILES string of the molecule is CCOC(=O)CC[C@@H]1CC[C@@H](C(=O)OC)CN1. The lowest BCUT2D eigenvalue weighted by atomic mass is 9.92. The summed E-state index contributed by atoms with van der Waals surface area (Å²) in [6, 6.07) is 0.306. The van der Waals surface area contributed by atoms with Crippen LogP contribution in [0.15, 0.2) is 0 Å². The fraction of sp³-hybridized carbons (Fsp3) is 0.833. The van der Waals surface area contributed by atoms with E-state index >= 15 is 0 Å². The van der Waals surface area contributed by atoms with Crippen LogP contribution in [0.5, 0.6) is 0 Å². The van der Waals surface area contributed by atoms with E-state index in [0.29, 0.717) is 25.6 Å². The molecule has 0 radical (unpaired) electrons. The van der Waals surface area contributed by atoms with E-state index in [1.54, 1.807) is 6.92 Å². The summed E-state index contributed by atoms with van der Waals surface area (Å²) >= 11 is 0. The van der Waals surface area contributed by atoms with Crippen molar-refractivity contribution in [3.63, 3.8) is 0 Å². The third-order valence-corrected chi connectivity index (χ3v) is 3.05. The van der Waals surface area contributed by atoms with E-state index < -0.39 is 0 Å². The Labute approximate surface area is 102 Å². The van der Waals surface area contributed by atoms with Crippen LogP contribution in [0.1, 0.15) is 32.6 Å². The number of ether oxygens (including phenoxy) is 2. The highest BCUT2D eigenvalue weighted by Gasteiger charge is 2.26. The van der Waals surface area contributed by atoms with Gasteiger partial charge in [-0.25, -0.2) is 0 Å². The Morgan fingerprint density at radius 3 is 2.65 bits per heavy atom. The molecule has 0 aromatic heterocycles. The van der Waals surface area contributed by atoms with Gasteiger partial charge in [-0.15, -0.1) is 0 Å². The Hall–Kier alpha value is -1.10. The van der Waals surface area contributed by atoms with Crippen LogP contribution in [0.3, 0.4) is 0 Å². The minimum Gasteiger partial charge on any atom is -0.469 e. The molecule has 2 atom stereocenters. The molecule has 0 saturated carbocycles. The first-order valence-electron chi connectivity index (χ1n) is 6.14. The number of hydrogen-bond donors (Lipinski definition) is 1. The van der Waals surface area contributed by atoms with E-state index in [4.69, 9.17) is 9.47 Å². The van der Waals surface area contributed by atoms with E-state index in [2.05, 4.69) is 5.32 Å². The zero-order chi connectivity index (χ0) is 12.7. The van der Waals surface area contributed by atoms with E-state index in [0.717, 1.165) is 19.3 Å². The minimum absolute atomic E-state index is 0.0427. The minimum atomic E-state index is -0.152. The molecule has 0 spiro atoms. The van der Waals surface area contributed by atoms with E-state index in [-0.39, 0.29) is 17.9 Å². The van der Waals surface area contributed by atoms with Gasteiger partial charge in [-0.2, -0.15) is 0 Å². The monoisotopic (exact) mass is 243 g/mol. The third kappa shape index (κ3) is 4.73. The predicted octanol–water partition coefficient (Wildman–Crippen LogP) is 0.871. The molecule has 0 unspecified atom stereocenters. The summed E-state index contributed by atoms with van der Waals surface area (Å²) in [5.74, 6) is -0.343. The second-order valence-corrected chi connectivity index (χ2v) is 4.25. The van der Waals surface area contributed by atoms with Crippen molar-refractivity contribution in [3.05, 3.63) is 0 Å². The fourth-order valence-corrected chi connectivity index (χ4v) is 2.05. The molecule has 0 aliphatic carbocycles. The molecule has 1 saturated heterocycles. The number of nitrogens with one attached hydrogen (secondary N) is 1. The average Bonchev–Trinajstić information content (AvgIpc) is 2.36. The van der Waals surface area contributed by atoms with Crippen LogP contribution in [-0.4, -0.2) is 38.2 Å². The average molecular weight is 243 g/mol. The molecular formula is C12H21NO4. The van der Waals surface area contributed by atoms with E-state index in [1.165, 1.54) is 7.11 Å². The van der Waals surface area contributed by atoms with Gasteiger partial charge in [0, 0.05) is 19.0 Å². The van der Waals surface area contributed by atoms with Crippen LogP contribution in [0.25, 0.3) is 0 Å². The maximum atomic E-state index is 11.3. The molecule has 1 fully saturated rings. The summed E-state index contributed by atoms with van der Waals surface area (Å²) in [6.45, 7) is 2.87. The zero-order valence-electron chi connectivity index (χ0n) is 10.5. The summed E-state index contributed by atoms with van der Waals surface area (Å²) < 4.78 is 9.57. The van der Waals surface area contributed by atoms with Crippen LogP contribution < -0.4 is 5.32 Å². The van der Waals surface area contributed by atoms with Gasteiger partial charge in [0.15, 0.2) is 0 Å². The molecule has 1 heterocycles. The smallest absolute Gasteiger partial charge is 0.309 e. The predicted molar refractivity (Wildman–Crippen MR) is 62.4 cm³/mol. The van der Waals surface area contributed by atoms with Crippen molar-refractivity contribution in [3.8, 4) is 0 Å². The summed E-state index contributed by atoms with van der Waals surface area (Å²) in [4.78, 5) is 22.5. The molecule has 1 N–H and O–H groups in total. The van der Waals surface area contributed by atoms with Crippen LogP contribution in [0.2, 0.25) is 0 Å². The Bertz CT molecular complexity index is 259. The van der Waals surface area contributed by atoms with Crippen molar-refractivity contribution in [2.24, 2.45) is 5.92 Å².